The molecule has 0 saturated carbocycles. The first-order valence-electron chi connectivity index (χ1n) is 5.10. The molecule has 0 saturated heterocycles. The highest BCUT2D eigenvalue weighted by molar-refractivity contribution is 4.78. The van der Waals surface area contributed by atoms with Crippen molar-refractivity contribution in [2.45, 2.75) is 44.4 Å². The molecule has 1 atom stereocenters. The van der Waals surface area contributed by atoms with Gasteiger partial charge in [-0.05, 0) is 0 Å². The number of halogens is 6. The third-order valence-corrected chi connectivity index (χ3v) is 1.85. The molecule has 0 spiro atoms. The average molecular weight is 283 g/mol. The molecule has 9 heteroatoms. The van der Waals surface area contributed by atoms with Crippen LogP contribution < -0.4 is 5.32 Å². The van der Waals surface area contributed by atoms with Crippen LogP contribution in [0.2, 0.25) is 0 Å². The molecule has 110 valence electrons. The first-order valence-corrected chi connectivity index (χ1v) is 5.10. The first-order chi connectivity index (χ1) is 7.98. The van der Waals surface area contributed by atoms with E-state index in [1.54, 1.807) is 13.8 Å². The summed E-state index contributed by atoms with van der Waals surface area (Å²) in [6.07, 6.45) is -14.9. The van der Waals surface area contributed by atoms with E-state index in [9.17, 15) is 26.3 Å². The zero-order valence-electron chi connectivity index (χ0n) is 9.77. The lowest BCUT2D eigenvalue weighted by Gasteiger charge is -2.26. The highest BCUT2D eigenvalue weighted by atomic mass is 19.4. The van der Waals surface area contributed by atoms with Gasteiger partial charge in [-0.15, -0.1) is 0 Å². The molecule has 3 nitrogen and oxygen atoms in total. The minimum atomic E-state index is -5.53. The van der Waals surface area contributed by atoms with Gasteiger partial charge in [0.2, 0.25) is 6.10 Å². The van der Waals surface area contributed by atoms with Crippen LogP contribution in [0.25, 0.3) is 0 Å². The summed E-state index contributed by atoms with van der Waals surface area (Å²) in [6, 6.07) is -1.20. The summed E-state index contributed by atoms with van der Waals surface area (Å²) in [4.78, 5) is 0. The van der Waals surface area contributed by atoms with E-state index < -0.39 is 37.7 Å². The Morgan fingerprint density at radius 1 is 1.06 bits per heavy atom. The van der Waals surface area contributed by atoms with Gasteiger partial charge in [-0.2, -0.15) is 26.3 Å². The van der Waals surface area contributed by atoms with Gasteiger partial charge in [0.15, 0.2) is 0 Å². The lowest BCUT2D eigenvalue weighted by molar-refractivity contribution is -0.322. The molecule has 0 heterocycles. The van der Waals surface area contributed by atoms with Crippen molar-refractivity contribution >= 4 is 0 Å². The molecule has 0 aromatic carbocycles. The first kappa shape index (κ1) is 17.5. The molecule has 0 radical (unpaired) electrons. The van der Waals surface area contributed by atoms with E-state index in [0.717, 1.165) is 0 Å². The van der Waals surface area contributed by atoms with Gasteiger partial charge in [-0.3, -0.25) is 0 Å². The van der Waals surface area contributed by atoms with Gasteiger partial charge >= 0.3 is 12.4 Å². The van der Waals surface area contributed by atoms with Crippen LogP contribution >= 0.6 is 0 Å². The van der Waals surface area contributed by atoms with Crippen LogP contribution in [0.15, 0.2) is 0 Å². The number of alkyl halides is 6. The molecule has 0 aliphatic rings. The highest BCUT2D eigenvalue weighted by Gasteiger charge is 2.58. The maximum atomic E-state index is 12.1. The second kappa shape index (κ2) is 6.58. The van der Waals surface area contributed by atoms with Crippen molar-refractivity contribution in [1.82, 2.24) is 5.32 Å². The molecular formula is C9H15F6NO2. The second-order valence-corrected chi connectivity index (χ2v) is 4.00. The predicted molar refractivity (Wildman–Crippen MR) is 51.0 cm³/mol. The maximum Gasteiger partial charge on any atom is 0.423 e. The Bertz CT molecular complexity index is 226. The van der Waals surface area contributed by atoms with Crippen molar-refractivity contribution in [1.29, 1.82) is 0 Å². The van der Waals surface area contributed by atoms with E-state index in [1.807, 2.05) is 0 Å². The standard InChI is InChI=1S/C9H15F6NO2/c1-5(2)16-6(3-17)4-18-7(8(10,11)12)9(13,14)15/h5-7,16-17H,3-4H2,1-2H3. The van der Waals surface area contributed by atoms with Crippen molar-refractivity contribution in [3.05, 3.63) is 0 Å². The van der Waals surface area contributed by atoms with Gasteiger partial charge in [-0.25, -0.2) is 0 Å². The van der Waals surface area contributed by atoms with Crippen molar-refractivity contribution in [2.24, 2.45) is 0 Å². The van der Waals surface area contributed by atoms with Crippen LogP contribution in [0.5, 0.6) is 0 Å². The lowest BCUT2D eigenvalue weighted by Crippen LogP contribution is -2.48. The fourth-order valence-electron chi connectivity index (χ4n) is 1.21. The van der Waals surface area contributed by atoms with Gasteiger partial charge in [0.25, 0.3) is 0 Å². The molecule has 0 aliphatic carbocycles. The Morgan fingerprint density at radius 3 is 1.78 bits per heavy atom. The smallest absolute Gasteiger partial charge is 0.395 e. The van der Waals surface area contributed by atoms with Gasteiger partial charge in [0.1, 0.15) is 0 Å². The van der Waals surface area contributed by atoms with Crippen LogP contribution in [0.1, 0.15) is 13.8 Å². The van der Waals surface area contributed by atoms with Gasteiger partial charge in [0, 0.05) is 6.04 Å². The van der Waals surface area contributed by atoms with Crippen LogP contribution in [0, 0.1) is 0 Å². The lowest BCUT2D eigenvalue weighted by atomic mass is 10.2. The summed E-state index contributed by atoms with van der Waals surface area (Å²) in [7, 11) is 0. The molecular weight excluding hydrogens is 268 g/mol. The maximum absolute atomic E-state index is 12.1. The Hall–Kier alpha value is -0.540. The minimum Gasteiger partial charge on any atom is -0.395 e. The molecule has 0 aliphatic heterocycles. The average Bonchev–Trinajstić information content (AvgIpc) is 2.11. The van der Waals surface area contributed by atoms with Gasteiger partial charge in [-0.1, -0.05) is 13.8 Å². The molecule has 0 amide bonds. The summed E-state index contributed by atoms with van der Waals surface area (Å²) in [5.74, 6) is 0. The molecule has 0 aromatic rings. The molecule has 18 heavy (non-hydrogen) atoms. The molecule has 0 fully saturated rings. The summed E-state index contributed by atoms with van der Waals surface area (Å²) in [6.45, 7) is 1.75. The van der Waals surface area contributed by atoms with Crippen LogP contribution in [0.3, 0.4) is 0 Å². The Kier molecular flexibility index (Phi) is 6.38. The Balaban J connectivity index is 4.52. The molecule has 2 N–H and O–H groups in total. The second-order valence-electron chi connectivity index (χ2n) is 4.00. The van der Waals surface area contributed by atoms with Gasteiger partial charge < -0.3 is 15.2 Å². The third-order valence-electron chi connectivity index (χ3n) is 1.85. The molecule has 0 bridgehead atoms. The van der Waals surface area contributed by atoms with Crippen molar-refractivity contribution in [2.75, 3.05) is 13.2 Å². The van der Waals surface area contributed by atoms with Crippen molar-refractivity contribution in [3.63, 3.8) is 0 Å². The van der Waals surface area contributed by atoms with E-state index in [0.29, 0.717) is 0 Å². The topological polar surface area (TPSA) is 41.5 Å². The van der Waals surface area contributed by atoms with Crippen LogP contribution in [-0.4, -0.2) is 48.9 Å². The van der Waals surface area contributed by atoms with E-state index in [4.69, 9.17) is 5.11 Å². The summed E-state index contributed by atoms with van der Waals surface area (Å²) < 4.78 is 76.5. The van der Waals surface area contributed by atoms with E-state index in [1.165, 1.54) is 0 Å². The number of aliphatic hydroxyl groups excluding tert-OH is 1. The Labute approximate surface area is 100 Å². The van der Waals surface area contributed by atoms with Crippen LogP contribution in [0.4, 0.5) is 26.3 Å². The number of hydrogen-bond acceptors (Lipinski definition) is 3. The normalized spacial score (nSPS) is 15.5. The number of nitrogens with one attached hydrogen (secondary N) is 1. The number of rotatable bonds is 6. The Morgan fingerprint density at radius 2 is 1.50 bits per heavy atom. The summed E-state index contributed by atoms with van der Waals surface area (Å²) >= 11 is 0. The summed E-state index contributed by atoms with van der Waals surface area (Å²) in [5, 5.41) is 11.4. The fourth-order valence-corrected chi connectivity index (χ4v) is 1.21. The number of ether oxygens (including phenoxy) is 1. The molecule has 0 aromatic heterocycles. The zero-order chi connectivity index (χ0) is 14.6. The van der Waals surface area contributed by atoms with Crippen LogP contribution in [-0.2, 0) is 4.74 Å². The number of aliphatic hydroxyl groups is 1. The third kappa shape index (κ3) is 6.41. The largest absolute Gasteiger partial charge is 0.423 e. The minimum absolute atomic E-state index is 0.207. The molecule has 1 unspecified atom stereocenters. The quantitative estimate of drug-likeness (QED) is 0.731. The number of hydrogen-bond donors (Lipinski definition) is 2. The van der Waals surface area contributed by atoms with E-state index in [-0.39, 0.29) is 6.04 Å². The zero-order valence-corrected chi connectivity index (χ0v) is 9.77. The van der Waals surface area contributed by atoms with E-state index >= 15 is 0 Å². The fraction of sp³-hybridized carbons (Fsp3) is 1.00. The van der Waals surface area contributed by atoms with Gasteiger partial charge in [0.05, 0.1) is 19.3 Å². The predicted octanol–water partition coefficient (Wildman–Crippen LogP) is 1.86. The highest BCUT2D eigenvalue weighted by Crippen LogP contribution is 2.35. The SMILES string of the molecule is CC(C)NC(CO)COC(C(F)(F)F)C(F)(F)F. The summed E-state index contributed by atoms with van der Waals surface area (Å²) in [5.41, 5.74) is 0. The van der Waals surface area contributed by atoms with E-state index in [2.05, 4.69) is 10.1 Å². The molecule has 0 rings (SSSR count). The monoisotopic (exact) mass is 283 g/mol. The van der Waals surface area contributed by atoms with Crippen molar-refractivity contribution in [3.8, 4) is 0 Å². The van der Waals surface area contributed by atoms with Crippen molar-refractivity contribution < 1.29 is 36.2 Å².